The van der Waals surface area contributed by atoms with Crippen molar-refractivity contribution in [3.05, 3.63) is 84.7 Å². The zero-order valence-electron chi connectivity index (χ0n) is 17.9. The predicted molar refractivity (Wildman–Crippen MR) is 124 cm³/mol. The van der Waals surface area contributed by atoms with E-state index in [1.54, 1.807) is 23.9 Å². The summed E-state index contributed by atoms with van der Waals surface area (Å²) in [5.41, 5.74) is 0.621. The zero-order valence-corrected chi connectivity index (χ0v) is 18.7. The van der Waals surface area contributed by atoms with Crippen molar-refractivity contribution in [2.75, 3.05) is 12.4 Å². The van der Waals surface area contributed by atoms with Gasteiger partial charge in [0.1, 0.15) is 5.75 Å². The summed E-state index contributed by atoms with van der Waals surface area (Å²) in [5, 5.41) is 12.7. The van der Waals surface area contributed by atoms with E-state index in [9.17, 15) is 4.79 Å². The molecule has 3 aromatic rings. The Morgan fingerprint density at radius 1 is 1.13 bits per heavy atom. The fraction of sp³-hybridized carbons (Fsp3) is 0.292. The van der Waals surface area contributed by atoms with Gasteiger partial charge in [-0.05, 0) is 30.2 Å². The number of allylic oxidation sites excluding steroid dienone is 1. The van der Waals surface area contributed by atoms with Crippen LogP contribution in [0.25, 0.3) is 0 Å². The molecule has 0 aliphatic rings. The zero-order chi connectivity index (χ0) is 22.1. The van der Waals surface area contributed by atoms with Crippen LogP contribution in [0.3, 0.4) is 0 Å². The van der Waals surface area contributed by atoms with Gasteiger partial charge in [0.2, 0.25) is 0 Å². The van der Waals surface area contributed by atoms with Gasteiger partial charge in [-0.2, -0.15) is 0 Å². The van der Waals surface area contributed by atoms with E-state index in [1.165, 1.54) is 0 Å². The van der Waals surface area contributed by atoms with Gasteiger partial charge in [-0.3, -0.25) is 4.79 Å². The van der Waals surface area contributed by atoms with E-state index in [1.807, 2.05) is 59.2 Å². The van der Waals surface area contributed by atoms with Crippen LogP contribution in [0.15, 0.2) is 78.5 Å². The van der Waals surface area contributed by atoms with Crippen LogP contribution in [0, 0.1) is 5.92 Å². The first-order valence-electron chi connectivity index (χ1n) is 10.3. The number of para-hydroxylation sites is 1. The monoisotopic (exact) mass is 436 g/mol. The summed E-state index contributed by atoms with van der Waals surface area (Å²) < 4.78 is 7.78. The fourth-order valence-electron chi connectivity index (χ4n) is 3.09. The molecule has 1 N–H and O–H groups in total. The topological polar surface area (TPSA) is 69.0 Å². The molecule has 0 bridgehead atoms. The molecule has 0 radical (unpaired) electrons. The van der Waals surface area contributed by atoms with Gasteiger partial charge in [0.25, 0.3) is 5.91 Å². The van der Waals surface area contributed by atoms with Crippen LogP contribution in [0.5, 0.6) is 5.75 Å². The second kappa shape index (κ2) is 11.4. The SMILES string of the molecule is C=CCn1c(SCCOc2ccccc2)nnc1C(NC(=O)c1ccccc1)C(C)C. The summed E-state index contributed by atoms with van der Waals surface area (Å²) >= 11 is 1.58. The molecule has 1 heterocycles. The molecule has 0 saturated heterocycles. The molecule has 1 amide bonds. The third-order valence-corrected chi connectivity index (χ3v) is 5.58. The van der Waals surface area contributed by atoms with Gasteiger partial charge in [-0.1, -0.05) is 68.1 Å². The number of rotatable bonds is 11. The quantitative estimate of drug-likeness (QED) is 0.267. The fourth-order valence-corrected chi connectivity index (χ4v) is 3.86. The highest BCUT2D eigenvalue weighted by Gasteiger charge is 2.26. The molecule has 2 aromatic carbocycles. The Morgan fingerprint density at radius 3 is 2.45 bits per heavy atom. The first-order valence-corrected chi connectivity index (χ1v) is 11.3. The number of amides is 1. The largest absolute Gasteiger partial charge is 0.493 e. The molecule has 0 fully saturated rings. The van der Waals surface area contributed by atoms with Gasteiger partial charge in [0, 0.05) is 17.9 Å². The first-order chi connectivity index (χ1) is 15.1. The summed E-state index contributed by atoms with van der Waals surface area (Å²) in [4.78, 5) is 12.7. The molecular weight excluding hydrogens is 408 g/mol. The Labute approximate surface area is 187 Å². The van der Waals surface area contributed by atoms with E-state index >= 15 is 0 Å². The van der Waals surface area contributed by atoms with E-state index in [2.05, 4.69) is 35.9 Å². The van der Waals surface area contributed by atoms with Crippen LogP contribution < -0.4 is 10.1 Å². The normalized spacial score (nSPS) is 11.8. The molecule has 0 saturated carbocycles. The molecule has 1 unspecified atom stereocenters. The third kappa shape index (κ3) is 6.21. The van der Waals surface area contributed by atoms with Gasteiger partial charge in [-0.15, -0.1) is 16.8 Å². The van der Waals surface area contributed by atoms with E-state index in [0.717, 1.165) is 22.5 Å². The van der Waals surface area contributed by atoms with Crippen molar-refractivity contribution < 1.29 is 9.53 Å². The van der Waals surface area contributed by atoms with Crippen molar-refractivity contribution >= 4 is 17.7 Å². The maximum atomic E-state index is 12.7. The molecule has 162 valence electrons. The lowest BCUT2D eigenvalue weighted by Crippen LogP contribution is -2.33. The molecule has 7 heteroatoms. The molecular formula is C24H28N4O2S. The minimum Gasteiger partial charge on any atom is -0.493 e. The average molecular weight is 437 g/mol. The number of nitrogens with one attached hydrogen (secondary N) is 1. The molecule has 0 spiro atoms. The minimum atomic E-state index is -0.268. The second-order valence-electron chi connectivity index (χ2n) is 7.31. The van der Waals surface area contributed by atoms with Crippen LogP contribution in [0.2, 0.25) is 0 Å². The van der Waals surface area contributed by atoms with Gasteiger partial charge < -0.3 is 14.6 Å². The van der Waals surface area contributed by atoms with E-state index in [0.29, 0.717) is 18.7 Å². The molecule has 31 heavy (non-hydrogen) atoms. The number of nitrogens with zero attached hydrogens (tertiary/aromatic N) is 3. The third-order valence-electron chi connectivity index (χ3n) is 4.65. The Bertz CT molecular complexity index is 974. The van der Waals surface area contributed by atoms with Gasteiger partial charge in [0.05, 0.1) is 12.6 Å². The van der Waals surface area contributed by atoms with Crippen molar-refractivity contribution in [2.24, 2.45) is 5.92 Å². The summed E-state index contributed by atoms with van der Waals surface area (Å²) in [5.74, 6) is 2.32. The van der Waals surface area contributed by atoms with Crippen molar-refractivity contribution in [3.8, 4) is 5.75 Å². The van der Waals surface area contributed by atoms with E-state index in [4.69, 9.17) is 4.74 Å². The number of carbonyl (C=O) groups excluding carboxylic acids is 1. The lowest BCUT2D eigenvalue weighted by molar-refractivity contribution is 0.0922. The van der Waals surface area contributed by atoms with Gasteiger partial charge >= 0.3 is 0 Å². The lowest BCUT2D eigenvalue weighted by atomic mass is 10.0. The van der Waals surface area contributed by atoms with Crippen molar-refractivity contribution in [1.29, 1.82) is 0 Å². The number of hydrogen-bond acceptors (Lipinski definition) is 5. The number of hydrogen-bond donors (Lipinski definition) is 1. The molecule has 0 aliphatic heterocycles. The Balaban J connectivity index is 1.70. The van der Waals surface area contributed by atoms with Crippen LogP contribution >= 0.6 is 11.8 Å². The molecule has 1 atom stereocenters. The van der Waals surface area contributed by atoms with Crippen LogP contribution in [-0.2, 0) is 6.54 Å². The van der Waals surface area contributed by atoms with E-state index in [-0.39, 0.29) is 17.9 Å². The van der Waals surface area contributed by atoms with E-state index < -0.39 is 0 Å². The van der Waals surface area contributed by atoms with Gasteiger partial charge in [-0.25, -0.2) is 0 Å². The highest BCUT2D eigenvalue weighted by molar-refractivity contribution is 7.99. The molecule has 3 rings (SSSR count). The number of thioether (sulfide) groups is 1. The molecule has 1 aromatic heterocycles. The lowest BCUT2D eigenvalue weighted by Gasteiger charge is -2.22. The maximum Gasteiger partial charge on any atom is 0.251 e. The van der Waals surface area contributed by atoms with Crippen molar-refractivity contribution in [2.45, 2.75) is 31.6 Å². The van der Waals surface area contributed by atoms with Gasteiger partial charge in [0.15, 0.2) is 11.0 Å². The highest BCUT2D eigenvalue weighted by Crippen LogP contribution is 2.26. The van der Waals surface area contributed by atoms with Crippen molar-refractivity contribution in [1.82, 2.24) is 20.1 Å². The Hall–Kier alpha value is -3.06. The predicted octanol–water partition coefficient (Wildman–Crippen LogP) is 4.76. The summed E-state index contributed by atoms with van der Waals surface area (Å²) in [6, 6.07) is 18.7. The number of carbonyl (C=O) groups is 1. The molecule has 0 aliphatic carbocycles. The number of ether oxygens (including phenoxy) is 1. The minimum absolute atomic E-state index is 0.127. The Kier molecular flexibility index (Phi) is 8.29. The smallest absolute Gasteiger partial charge is 0.251 e. The van der Waals surface area contributed by atoms with Crippen LogP contribution in [-0.4, -0.2) is 33.0 Å². The summed E-state index contributed by atoms with van der Waals surface area (Å²) in [7, 11) is 0. The number of aromatic nitrogens is 3. The molecule has 6 nitrogen and oxygen atoms in total. The highest BCUT2D eigenvalue weighted by atomic mass is 32.2. The second-order valence-corrected chi connectivity index (χ2v) is 8.37. The average Bonchev–Trinajstić information content (AvgIpc) is 3.18. The first kappa shape index (κ1) is 22.6. The maximum absolute atomic E-state index is 12.7. The van der Waals surface area contributed by atoms with Crippen LogP contribution in [0.1, 0.15) is 36.1 Å². The summed E-state index contributed by atoms with van der Waals surface area (Å²) in [6.45, 7) is 9.11. The van der Waals surface area contributed by atoms with Crippen molar-refractivity contribution in [3.63, 3.8) is 0 Å². The number of benzene rings is 2. The van der Waals surface area contributed by atoms with Crippen LogP contribution in [0.4, 0.5) is 0 Å². The summed E-state index contributed by atoms with van der Waals surface area (Å²) in [6.07, 6.45) is 1.81. The Morgan fingerprint density at radius 2 is 1.81 bits per heavy atom. The standard InChI is InChI=1S/C24H28N4O2S/c1-4-15-28-22(21(18(2)3)25-23(29)19-11-7-5-8-12-19)26-27-24(28)31-17-16-30-20-13-9-6-10-14-20/h4-14,18,21H,1,15-17H2,2-3H3,(H,25,29).